The second-order valence-corrected chi connectivity index (χ2v) is 26.3. The number of aromatic nitrogens is 9. The average Bonchev–Trinajstić information content (AvgIpc) is 1.60. The van der Waals surface area contributed by atoms with Crippen molar-refractivity contribution < 1.29 is 68.6 Å². The first-order valence-electron chi connectivity index (χ1n) is 29.5. The van der Waals surface area contributed by atoms with Gasteiger partial charge in [0.05, 0.1) is 37.9 Å². The maximum atomic E-state index is 14.1. The number of phosphoric ester groups is 1. The molecule has 0 radical (unpaired) electrons. The molecule has 0 saturated carbocycles. The van der Waals surface area contributed by atoms with E-state index >= 15 is 0 Å². The molecule has 9 N–H and O–H groups in total. The summed E-state index contributed by atoms with van der Waals surface area (Å²) in [4.78, 5) is 82.4. The zero-order chi connectivity index (χ0) is 71.2. The molecule has 516 valence electrons. The maximum Gasteiger partial charge on any atom is 0.471 e. The van der Waals surface area contributed by atoms with Gasteiger partial charge in [0.2, 0.25) is 17.8 Å². The number of methoxy groups -OCH3 is 3. The fourth-order valence-electron chi connectivity index (χ4n) is 9.44. The lowest BCUT2D eigenvalue weighted by Gasteiger charge is -2.13. The van der Waals surface area contributed by atoms with Crippen molar-refractivity contribution in [2.24, 2.45) is 0 Å². The van der Waals surface area contributed by atoms with Gasteiger partial charge in [-0.3, -0.25) is 14.1 Å². The maximum absolute atomic E-state index is 14.1. The Labute approximate surface area is 559 Å². The van der Waals surface area contributed by atoms with Crippen molar-refractivity contribution in [3.63, 3.8) is 0 Å². The van der Waals surface area contributed by atoms with Gasteiger partial charge in [0, 0.05) is 101 Å². The van der Waals surface area contributed by atoms with Crippen LogP contribution in [0.3, 0.4) is 0 Å². The number of oxazole rings is 3. The molecule has 0 aliphatic carbocycles. The molecule has 0 fully saturated rings. The predicted molar refractivity (Wildman–Crippen MR) is 365 cm³/mol. The van der Waals surface area contributed by atoms with Crippen molar-refractivity contribution in [3.8, 4) is 17.2 Å². The Bertz CT molecular complexity index is 5090. The molecule has 99 heavy (non-hydrogen) atoms. The number of phosphoric acid groups is 1. The van der Waals surface area contributed by atoms with Gasteiger partial charge in [0.15, 0.2) is 58.8 Å². The highest BCUT2D eigenvalue weighted by Crippen LogP contribution is 2.39. The van der Waals surface area contributed by atoms with Crippen molar-refractivity contribution >= 4 is 118 Å². The molecule has 6 heterocycles. The highest BCUT2D eigenvalue weighted by atomic mass is 31.2. The van der Waals surface area contributed by atoms with Crippen LogP contribution < -0.4 is 63.4 Å². The summed E-state index contributed by atoms with van der Waals surface area (Å²) in [5.41, 5.74) is 9.50. The summed E-state index contributed by atoms with van der Waals surface area (Å²) in [6.45, 7) is 12.5. The largest absolute Gasteiger partial charge is 0.494 e. The van der Waals surface area contributed by atoms with Crippen molar-refractivity contribution in [2.75, 3.05) is 66.6 Å². The summed E-state index contributed by atoms with van der Waals surface area (Å²) in [7, 11) is -3.40. The van der Waals surface area contributed by atoms with Gasteiger partial charge in [-0.15, -0.1) is 0 Å². The van der Waals surface area contributed by atoms with E-state index in [0.29, 0.717) is 102 Å². The van der Waals surface area contributed by atoms with Crippen LogP contribution in [0.15, 0.2) is 137 Å². The number of nitrogens with one attached hydrogen (secondary N) is 7. The summed E-state index contributed by atoms with van der Waals surface area (Å²) in [6, 6.07) is 24.5. The highest BCUT2D eigenvalue weighted by Gasteiger charge is 2.21. The molecule has 0 aliphatic rings. The number of benzene rings is 6. The lowest BCUT2D eigenvalue weighted by molar-refractivity contribution is 0.151. The Kier molecular flexibility index (Phi) is 21.0. The number of aryl methyl sites for hydroxylation is 6. The van der Waals surface area contributed by atoms with Crippen molar-refractivity contribution in [1.82, 2.24) is 44.0 Å². The number of halogens is 3. The predicted octanol–water partition coefficient (Wildman–Crippen LogP) is 13.0. The van der Waals surface area contributed by atoms with Crippen molar-refractivity contribution in [1.29, 1.82) is 0 Å². The van der Waals surface area contributed by atoms with Crippen molar-refractivity contribution in [2.45, 2.75) is 55.0 Å². The number of rotatable bonds is 21. The Hall–Kier alpha value is -11.3. The van der Waals surface area contributed by atoms with Gasteiger partial charge >= 0.3 is 25.1 Å². The number of hydrogen-bond donors (Lipinski definition) is 9. The molecule has 0 amide bonds. The molecule has 0 unspecified atom stereocenters. The number of H-pyrrole nitrogens is 1. The number of anilines is 12. The molecule has 0 saturated heterocycles. The van der Waals surface area contributed by atoms with Gasteiger partial charge < -0.3 is 73.7 Å². The third-order valence-corrected chi connectivity index (χ3v) is 15.6. The lowest BCUT2D eigenvalue weighted by atomic mass is 10.2. The van der Waals surface area contributed by atoms with Gasteiger partial charge in [-0.25, -0.2) is 56.2 Å². The van der Waals surface area contributed by atoms with Gasteiger partial charge in [-0.05, 0) is 131 Å². The van der Waals surface area contributed by atoms with Crippen LogP contribution in [0.4, 0.5) is 82.6 Å². The molecule has 6 aromatic carbocycles. The lowest BCUT2D eigenvalue weighted by Crippen LogP contribution is -2.15. The average molecular weight is 1400 g/mol. The number of hydrogen-bond acceptors (Lipinski definition) is 25. The summed E-state index contributed by atoms with van der Waals surface area (Å²) in [5, 5.41) is 18.7. The van der Waals surface area contributed by atoms with Crippen LogP contribution >= 0.6 is 15.2 Å². The molecule has 0 aliphatic heterocycles. The smallest absolute Gasteiger partial charge is 0.471 e. The van der Waals surface area contributed by atoms with Crippen LogP contribution in [0.5, 0.6) is 17.2 Å². The van der Waals surface area contributed by atoms with Crippen molar-refractivity contribution in [3.05, 3.63) is 192 Å². The number of aromatic amines is 1. The van der Waals surface area contributed by atoms with Crippen LogP contribution in [0.2, 0.25) is 0 Å². The van der Waals surface area contributed by atoms with Crippen LogP contribution in [0, 0.1) is 59.0 Å². The minimum atomic E-state index is -4.79. The van der Waals surface area contributed by atoms with E-state index < -0.39 is 56.6 Å². The zero-order valence-electron chi connectivity index (χ0n) is 54.6. The van der Waals surface area contributed by atoms with E-state index in [1.165, 1.54) is 57.4 Å². The third-order valence-electron chi connectivity index (χ3n) is 14.4. The summed E-state index contributed by atoms with van der Waals surface area (Å²) < 4.78 is 108. The van der Waals surface area contributed by atoms with Crippen LogP contribution in [-0.4, -0.2) is 88.5 Å². The number of ether oxygens (including phenoxy) is 3. The quantitative estimate of drug-likeness (QED) is 0.0302. The topological polar surface area (TPSA) is 387 Å². The normalized spacial score (nSPS) is 11.4. The monoisotopic (exact) mass is 1400 g/mol. The fourth-order valence-corrected chi connectivity index (χ4v) is 10.1. The minimum Gasteiger partial charge on any atom is -0.494 e. The fraction of sp³-hybridized carbons (Fsp3) is 0.203. The molecule has 12 rings (SSSR count). The van der Waals surface area contributed by atoms with E-state index in [2.05, 4.69) is 71.3 Å². The van der Waals surface area contributed by atoms with Crippen LogP contribution in [0.25, 0.3) is 33.3 Å². The molecule has 12 aromatic rings. The van der Waals surface area contributed by atoms with E-state index in [1.807, 2.05) is 13.8 Å². The Morgan fingerprint density at radius 3 is 1.17 bits per heavy atom. The Morgan fingerprint density at radius 1 is 0.465 bits per heavy atom. The van der Waals surface area contributed by atoms with E-state index in [-0.39, 0.29) is 41.0 Å². The molecule has 0 bridgehead atoms. The molecule has 6 aromatic heterocycles. The molecular weight excluding hydrogens is 1340 g/mol. The SMILES string of the molecule is COc1cc(Nc2ncc(C)c(Nc3ccc4oc(=O)[nH]c4c3)n2)cc(C)c1F.COc1cc(Nc2ncc(C)c(Nc3ccc4oc(=O)n(COP(=O)(O)O)c4c3)n2)cc(C)c1F.COc1cc(Nc2ncc(C)c(Nc3ccc4oc(=O)n(COP(C)(C)=O)c4c3)n2)cc(C)c1F. The van der Waals surface area contributed by atoms with Gasteiger partial charge in [0.25, 0.3) is 0 Å². The van der Waals surface area contributed by atoms with E-state index in [4.69, 9.17) is 41.8 Å². The van der Waals surface area contributed by atoms with Crippen LogP contribution in [0.1, 0.15) is 33.4 Å². The second kappa shape index (κ2) is 29.6. The Morgan fingerprint density at radius 2 is 0.818 bits per heavy atom. The second-order valence-electron chi connectivity index (χ2n) is 22.3. The van der Waals surface area contributed by atoms with Crippen LogP contribution in [-0.2, 0) is 31.6 Å². The summed E-state index contributed by atoms with van der Waals surface area (Å²) in [6.07, 6.45) is 4.90. The highest BCUT2D eigenvalue weighted by molar-refractivity contribution is 7.57. The molecule has 30 nitrogen and oxygen atoms in total. The van der Waals surface area contributed by atoms with E-state index in [0.717, 1.165) is 21.4 Å². The first-order chi connectivity index (χ1) is 47.0. The molecule has 35 heteroatoms. The van der Waals surface area contributed by atoms with Gasteiger partial charge in [0.1, 0.15) is 30.9 Å². The summed E-state index contributed by atoms with van der Waals surface area (Å²) in [5.74, 6) is -0.485. The number of nitrogens with zero attached hydrogens (tertiary/aromatic N) is 8. The van der Waals surface area contributed by atoms with Gasteiger partial charge in [-0.2, -0.15) is 15.0 Å². The first kappa shape index (κ1) is 70.5. The minimum absolute atomic E-state index is 0.0835. The third kappa shape index (κ3) is 17.5. The zero-order valence-corrected chi connectivity index (χ0v) is 56.4. The molecule has 0 atom stereocenters. The number of fused-ring (bicyclic) bond motifs is 3. The van der Waals surface area contributed by atoms with E-state index in [1.54, 1.807) is 119 Å². The standard InChI is InChI=1S/C23H25FN5O5P.C21H21FN5O7P.C20H18FN5O3/c1-13-8-16(10-19(32-3)20(13)24)27-22-25-11-14(2)21(28-22)26-15-6-7-18-17(9-15)29(23(30)34-18)12-33-35(4,5)31;1-11-6-14(8-17(32-3)18(11)22)25-20-23-9-12(2)19(26-20)24-13-4-5-16-15(7-13)27(21(28)34-16)10-33-35(29,30)31;1-10-6-13(8-16(28-3)17(10)21)24-19-22-9-11(2)18(26-19)23-12-4-5-15-14(7-12)25-20(27)29-15/h6-11H,12H2,1-5H3,(H2,25,26,27,28);4-9H,10H2,1-3H3,(H2,29,30,31)(H2,23,24,25,26);4-9H,1-3H3,(H,25,27)(H2,22,23,24,26). The Balaban J connectivity index is 0.000000161. The summed E-state index contributed by atoms with van der Waals surface area (Å²) >= 11 is 0. The first-order valence-corrected chi connectivity index (χ1v) is 33.5. The molecular formula is C64H64F3N15O15P2. The van der Waals surface area contributed by atoms with Gasteiger partial charge in [-0.1, -0.05) is 0 Å². The molecule has 0 spiro atoms. The van der Waals surface area contributed by atoms with E-state index in [9.17, 15) is 36.7 Å².